The van der Waals surface area contributed by atoms with Crippen molar-refractivity contribution >= 4 is 85.8 Å². The molecule has 11 aromatic rings. The van der Waals surface area contributed by atoms with Crippen molar-refractivity contribution in [1.82, 2.24) is 0 Å². The standard InChI is InChI=1S/C48H28OS/c1-2-10-32-27-34(22-19-29(32)9-1)46-38-13-5-3-11-36(38)45(37-12-4-6-14-39(37)46)31-20-17-30(18-21-31)33-23-24-35-40-25-26-44-47(48(40)49-42(35)28-33)41-15-7-8-16-43(41)50-44/h1-28H. The molecule has 0 bridgehead atoms. The minimum Gasteiger partial charge on any atom is -0.455 e. The fourth-order valence-corrected chi connectivity index (χ4v) is 9.25. The van der Waals surface area contributed by atoms with Gasteiger partial charge in [-0.2, -0.15) is 0 Å². The second kappa shape index (κ2) is 10.6. The summed E-state index contributed by atoms with van der Waals surface area (Å²) in [4.78, 5) is 0. The van der Waals surface area contributed by atoms with Crippen LogP contribution in [0.5, 0.6) is 0 Å². The summed E-state index contributed by atoms with van der Waals surface area (Å²) < 4.78 is 9.22. The molecule has 2 heterocycles. The summed E-state index contributed by atoms with van der Waals surface area (Å²) in [6.45, 7) is 0. The van der Waals surface area contributed by atoms with Gasteiger partial charge in [0, 0.05) is 30.9 Å². The van der Waals surface area contributed by atoms with E-state index < -0.39 is 0 Å². The molecule has 0 aliphatic carbocycles. The predicted octanol–water partition coefficient (Wildman–Crippen LogP) is 14.4. The largest absolute Gasteiger partial charge is 0.455 e. The molecule has 11 rings (SSSR count). The molecule has 0 aliphatic rings. The van der Waals surface area contributed by atoms with Crippen LogP contribution in [0.25, 0.3) is 108 Å². The van der Waals surface area contributed by atoms with E-state index in [4.69, 9.17) is 4.42 Å². The van der Waals surface area contributed by atoms with Gasteiger partial charge in [0.25, 0.3) is 0 Å². The molecule has 1 nitrogen and oxygen atoms in total. The summed E-state index contributed by atoms with van der Waals surface area (Å²) >= 11 is 1.83. The maximum atomic E-state index is 6.66. The van der Waals surface area contributed by atoms with Crippen LogP contribution in [0.15, 0.2) is 174 Å². The van der Waals surface area contributed by atoms with E-state index in [2.05, 4.69) is 170 Å². The zero-order valence-electron chi connectivity index (χ0n) is 27.0. The summed E-state index contributed by atoms with van der Waals surface area (Å²) in [6, 6.07) is 62.0. The summed E-state index contributed by atoms with van der Waals surface area (Å²) in [5.41, 5.74) is 9.23. The van der Waals surface area contributed by atoms with Crippen LogP contribution in [0, 0.1) is 0 Å². The number of thiophene rings is 1. The first-order valence-electron chi connectivity index (χ1n) is 17.1. The Bertz CT molecular complexity index is 3080. The maximum absolute atomic E-state index is 6.66. The summed E-state index contributed by atoms with van der Waals surface area (Å²) in [5, 5.41) is 12.4. The first kappa shape index (κ1) is 27.7. The second-order valence-electron chi connectivity index (χ2n) is 13.2. The highest BCUT2D eigenvalue weighted by molar-refractivity contribution is 7.26. The quantitative estimate of drug-likeness (QED) is 0.173. The molecule has 0 unspecified atom stereocenters. The van der Waals surface area contributed by atoms with Crippen LogP contribution in [0.4, 0.5) is 0 Å². The van der Waals surface area contributed by atoms with Gasteiger partial charge < -0.3 is 4.42 Å². The monoisotopic (exact) mass is 652 g/mol. The van der Waals surface area contributed by atoms with E-state index in [1.807, 2.05) is 11.3 Å². The van der Waals surface area contributed by atoms with Gasteiger partial charge in [0.15, 0.2) is 0 Å². The van der Waals surface area contributed by atoms with Gasteiger partial charge in [-0.3, -0.25) is 0 Å². The van der Waals surface area contributed by atoms with Crippen LogP contribution in [-0.4, -0.2) is 0 Å². The Kier molecular flexibility index (Phi) is 5.89. The highest BCUT2D eigenvalue weighted by Crippen LogP contribution is 2.45. The number of fused-ring (bicyclic) bond motifs is 10. The van der Waals surface area contributed by atoms with Gasteiger partial charge in [0.2, 0.25) is 0 Å². The van der Waals surface area contributed by atoms with E-state index in [1.165, 1.54) is 85.7 Å². The van der Waals surface area contributed by atoms with Gasteiger partial charge in [-0.25, -0.2) is 0 Å². The van der Waals surface area contributed by atoms with Gasteiger partial charge in [-0.1, -0.05) is 133 Å². The average Bonchev–Trinajstić information content (AvgIpc) is 3.75. The molecule has 0 N–H and O–H groups in total. The average molecular weight is 653 g/mol. The normalized spacial score (nSPS) is 12.0. The predicted molar refractivity (Wildman–Crippen MR) is 215 cm³/mol. The molecule has 50 heavy (non-hydrogen) atoms. The van der Waals surface area contributed by atoms with E-state index in [0.29, 0.717) is 0 Å². The van der Waals surface area contributed by atoms with Crippen LogP contribution in [0.3, 0.4) is 0 Å². The van der Waals surface area contributed by atoms with E-state index in [1.54, 1.807) is 0 Å². The van der Waals surface area contributed by atoms with Gasteiger partial charge in [0.1, 0.15) is 11.2 Å². The Morgan fingerprint density at radius 2 is 0.900 bits per heavy atom. The van der Waals surface area contributed by atoms with Crippen LogP contribution in [0.1, 0.15) is 0 Å². The van der Waals surface area contributed by atoms with Crippen molar-refractivity contribution in [2.24, 2.45) is 0 Å². The lowest BCUT2D eigenvalue weighted by Gasteiger charge is -2.18. The van der Waals surface area contributed by atoms with Crippen molar-refractivity contribution in [2.75, 3.05) is 0 Å². The lowest BCUT2D eigenvalue weighted by atomic mass is 9.85. The molecule has 9 aromatic carbocycles. The zero-order chi connectivity index (χ0) is 32.8. The maximum Gasteiger partial charge on any atom is 0.144 e. The van der Waals surface area contributed by atoms with Crippen molar-refractivity contribution in [3.05, 3.63) is 170 Å². The van der Waals surface area contributed by atoms with E-state index in [0.717, 1.165) is 22.1 Å². The molecule has 0 fully saturated rings. The molecule has 0 amide bonds. The van der Waals surface area contributed by atoms with Gasteiger partial charge in [0.05, 0.1) is 0 Å². The number of hydrogen-bond acceptors (Lipinski definition) is 2. The molecular weight excluding hydrogens is 625 g/mol. The van der Waals surface area contributed by atoms with Crippen molar-refractivity contribution < 1.29 is 4.42 Å². The summed E-state index contributed by atoms with van der Waals surface area (Å²) in [7, 11) is 0. The first-order chi connectivity index (χ1) is 24.8. The molecule has 2 aromatic heterocycles. The third-order valence-electron chi connectivity index (χ3n) is 10.5. The fraction of sp³-hybridized carbons (Fsp3) is 0. The minimum absolute atomic E-state index is 0.922. The molecule has 0 aliphatic heterocycles. The molecule has 0 atom stereocenters. The van der Waals surface area contributed by atoms with Crippen LogP contribution in [-0.2, 0) is 0 Å². The third kappa shape index (κ3) is 4.06. The third-order valence-corrected chi connectivity index (χ3v) is 11.6. The van der Waals surface area contributed by atoms with E-state index in [9.17, 15) is 0 Å². The topological polar surface area (TPSA) is 13.1 Å². The van der Waals surface area contributed by atoms with Crippen molar-refractivity contribution in [2.45, 2.75) is 0 Å². The fourth-order valence-electron chi connectivity index (χ4n) is 8.15. The van der Waals surface area contributed by atoms with Crippen molar-refractivity contribution in [3.8, 4) is 33.4 Å². The van der Waals surface area contributed by atoms with Gasteiger partial charge >= 0.3 is 0 Å². The first-order valence-corrected chi connectivity index (χ1v) is 17.9. The number of rotatable bonds is 3. The molecule has 0 spiro atoms. The Balaban J connectivity index is 1.05. The lowest BCUT2D eigenvalue weighted by molar-refractivity contribution is 0.673. The van der Waals surface area contributed by atoms with Crippen LogP contribution >= 0.6 is 11.3 Å². The molecule has 0 saturated carbocycles. The smallest absolute Gasteiger partial charge is 0.144 e. The Morgan fingerprint density at radius 1 is 0.340 bits per heavy atom. The molecular formula is C48H28OS. The summed E-state index contributed by atoms with van der Waals surface area (Å²) in [5.74, 6) is 0. The van der Waals surface area contributed by atoms with Crippen LogP contribution < -0.4 is 0 Å². The molecule has 2 heteroatoms. The van der Waals surface area contributed by atoms with Crippen molar-refractivity contribution in [1.29, 1.82) is 0 Å². The molecule has 0 saturated heterocycles. The Labute approximate surface area is 292 Å². The van der Waals surface area contributed by atoms with E-state index in [-0.39, 0.29) is 0 Å². The number of hydrogen-bond donors (Lipinski definition) is 0. The molecule has 0 radical (unpaired) electrons. The molecule has 232 valence electrons. The number of furan rings is 1. The van der Waals surface area contributed by atoms with Gasteiger partial charge in [-0.15, -0.1) is 11.3 Å². The summed E-state index contributed by atoms with van der Waals surface area (Å²) in [6.07, 6.45) is 0. The van der Waals surface area contributed by atoms with Crippen LogP contribution in [0.2, 0.25) is 0 Å². The SMILES string of the molecule is c1ccc2cc(-c3c4ccccc4c(-c4ccc(-c5ccc6c(c5)oc5c6ccc6sc7ccccc7c65)cc4)c4ccccc34)ccc2c1. The highest BCUT2D eigenvalue weighted by Gasteiger charge is 2.18. The van der Waals surface area contributed by atoms with Crippen molar-refractivity contribution in [3.63, 3.8) is 0 Å². The van der Waals surface area contributed by atoms with Gasteiger partial charge in [-0.05, 0) is 102 Å². The van der Waals surface area contributed by atoms with E-state index >= 15 is 0 Å². The minimum atomic E-state index is 0.922. The highest BCUT2D eigenvalue weighted by atomic mass is 32.1. The lowest BCUT2D eigenvalue weighted by Crippen LogP contribution is -1.91. The Morgan fingerprint density at radius 3 is 1.64 bits per heavy atom. The zero-order valence-corrected chi connectivity index (χ0v) is 27.8. The Hall–Kier alpha value is -6.22. The number of benzene rings is 9. The second-order valence-corrected chi connectivity index (χ2v) is 14.3.